The zero-order valence-corrected chi connectivity index (χ0v) is 14.3. The van der Waals surface area contributed by atoms with Gasteiger partial charge in [0.05, 0.1) is 14.2 Å². The van der Waals surface area contributed by atoms with Crippen molar-refractivity contribution >= 4 is 17.7 Å². The monoisotopic (exact) mass is 332 g/mol. The molecule has 0 aliphatic heterocycles. The summed E-state index contributed by atoms with van der Waals surface area (Å²) in [7, 11) is 2.96. The predicted octanol–water partition coefficient (Wildman–Crippen LogP) is 3.69. The highest BCUT2D eigenvalue weighted by atomic mass is 32.2. The highest BCUT2D eigenvalue weighted by Crippen LogP contribution is 2.27. The molecule has 0 aliphatic carbocycles. The molecule has 0 heterocycles. The van der Waals surface area contributed by atoms with Gasteiger partial charge >= 0.3 is 5.97 Å². The van der Waals surface area contributed by atoms with Gasteiger partial charge < -0.3 is 14.6 Å². The fraction of sp³-hybridized carbons (Fsp3) is 0.278. The quantitative estimate of drug-likeness (QED) is 0.646. The van der Waals surface area contributed by atoms with Crippen LogP contribution in [-0.4, -0.2) is 31.6 Å². The number of aryl methyl sites for hydroxylation is 2. The minimum absolute atomic E-state index is 0.0671. The Morgan fingerprint density at radius 1 is 1.13 bits per heavy atom. The van der Waals surface area contributed by atoms with Gasteiger partial charge in [-0.3, -0.25) is 0 Å². The van der Waals surface area contributed by atoms with Crippen LogP contribution in [0.5, 0.6) is 11.5 Å². The Morgan fingerprint density at radius 3 is 2.57 bits per heavy atom. The lowest BCUT2D eigenvalue weighted by atomic mass is 10.0. The van der Waals surface area contributed by atoms with Crippen LogP contribution in [0.2, 0.25) is 0 Å². The van der Waals surface area contributed by atoms with Crippen molar-refractivity contribution in [3.05, 3.63) is 53.1 Å². The summed E-state index contributed by atoms with van der Waals surface area (Å²) in [6, 6.07) is 11.1. The summed E-state index contributed by atoms with van der Waals surface area (Å²) in [5, 5.41) is 9.75. The van der Waals surface area contributed by atoms with E-state index in [9.17, 15) is 9.90 Å². The third kappa shape index (κ3) is 4.20. The smallest absolute Gasteiger partial charge is 0.341 e. The van der Waals surface area contributed by atoms with Crippen LogP contribution in [0.3, 0.4) is 0 Å². The molecule has 23 heavy (non-hydrogen) atoms. The number of ether oxygens (including phenoxy) is 2. The van der Waals surface area contributed by atoms with Crippen molar-refractivity contribution in [3.8, 4) is 11.5 Å². The van der Waals surface area contributed by atoms with E-state index in [0.29, 0.717) is 0 Å². The molecule has 2 aromatic carbocycles. The fourth-order valence-electron chi connectivity index (χ4n) is 2.37. The third-order valence-corrected chi connectivity index (χ3v) is 4.36. The Morgan fingerprint density at radius 2 is 1.91 bits per heavy atom. The lowest BCUT2D eigenvalue weighted by molar-refractivity contribution is 0.0597. The maximum atomic E-state index is 11.6. The molecule has 0 aliphatic rings. The topological polar surface area (TPSA) is 55.8 Å². The van der Waals surface area contributed by atoms with Crippen molar-refractivity contribution in [1.82, 2.24) is 0 Å². The van der Waals surface area contributed by atoms with Gasteiger partial charge in [0.2, 0.25) is 0 Å². The Hall–Kier alpha value is -2.14. The van der Waals surface area contributed by atoms with Crippen LogP contribution in [0.1, 0.15) is 21.5 Å². The largest absolute Gasteiger partial charge is 0.507 e. The van der Waals surface area contributed by atoms with Crippen molar-refractivity contribution in [1.29, 1.82) is 0 Å². The Kier molecular flexibility index (Phi) is 5.93. The summed E-state index contributed by atoms with van der Waals surface area (Å²) >= 11 is 1.69. The van der Waals surface area contributed by atoms with E-state index in [1.807, 2.05) is 24.5 Å². The standard InChI is InChI=1S/C18H20O4S/c1-21-17-9-7-14(23-3)11-13(17)6-4-12-5-8-16(19)15(10-12)18(20)22-2/h5,7-11,19H,4,6H2,1-3H3. The molecule has 0 spiro atoms. The number of esters is 1. The average Bonchev–Trinajstić information content (AvgIpc) is 2.59. The van der Waals surface area contributed by atoms with E-state index in [-0.39, 0.29) is 11.3 Å². The van der Waals surface area contributed by atoms with E-state index in [4.69, 9.17) is 4.74 Å². The lowest BCUT2D eigenvalue weighted by Gasteiger charge is -2.11. The predicted molar refractivity (Wildman–Crippen MR) is 91.6 cm³/mol. The van der Waals surface area contributed by atoms with Gasteiger partial charge in [-0.15, -0.1) is 11.8 Å². The molecular formula is C18H20O4S. The second-order valence-corrected chi connectivity index (χ2v) is 5.90. The summed E-state index contributed by atoms with van der Waals surface area (Å²) in [6.07, 6.45) is 3.55. The van der Waals surface area contributed by atoms with E-state index in [1.165, 1.54) is 18.1 Å². The zero-order valence-electron chi connectivity index (χ0n) is 13.5. The van der Waals surface area contributed by atoms with Crippen LogP contribution in [0.25, 0.3) is 0 Å². The summed E-state index contributed by atoms with van der Waals surface area (Å²) in [6.45, 7) is 0. The normalized spacial score (nSPS) is 10.4. The van der Waals surface area contributed by atoms with E-state index >= 15 is 0 Å². The molecule has 0 saturated carbocycles. The molecular weight excluding hydrogens is 312 g/mol. The number of phenolic OH excluding ortho intramolecular Hbond substituents is 1. The zero-order chi connectivity index (χ0) is 16.8. The Bertz CT molecular complexity index is 697. The van der Waals surface area contributed by atoms with Crippen molar-refractivity contribution in [2.75, 3.05) is 20.5 Å². The molecule has 0 saturated heterocycles. The maximum absolute atomic E-state index is 11.6. The number of carbonyl (C=O) groups is 1. The molecule has 0 unspecified atom stereocenters. The number of phenols is 1. The van der Waals surface area contributed by atoms with Gasteiger partial charge in [-0.25, -0.2) is 4.79 Å². The van der Waals surface area contributed by atoms with Crippen LogP contribution in [0.15, 0.2) is 41.3 Å². The molecule has 4 nitrogen and oxygen atoms in total. The molecule has 2 rings (SSSR count). The number of aromatic hydroxyl groups is 1. The first-order valence-electron chi connectivity index (χ1n) is 7.20. The van der Waals surface area contributed by atoms with Crippen LogP contribution < -0.4 is 4.74 Å². The molecule has 0 atom stereocenters. The van der Waals surface area contributed by atoms with E-state index in [2.05, 4.69) is 10.8 Å². The highest BCUT2D eigenvalue weighted by molar-refractivity contribution is 7.98. The SMILES string of the molecule is COC(=O)c1cc(CCc2cc(SC)ccc2OC)ccc1O. The molecule has 1 N–H and O–H groups in total. The molecule has 0 aromatic heterocycles. The number of benzene rings is 2. The van der Waals surface area contributed by atoms with Crippen LogP contribution in [0.4, 0.5) is 0 Å². The first-order chi connectivity index (χ1) is 11.1. The van der Waals surface area contributed by atoms with Gasteiger partial charge in [-0.2, -0.15) is 0 Å². The first-order valence-corrected chi connectivity index (χ1v) is 8.42. The summed E-state index contributed by atoms with van der Waals surface area (Å²) in [5.41, 5.74) is 2.27. The summed E-state index contributed by atoms with van der Waals surface area (Å²) in [4.78, 5) is 12.8. The number of methoxy groups -OCH3 is 2. The number of hydrogen-bond acceptors (Lipinski definition) is 5. The van der Waals surface area contributed by atoms with Crippen LogP contribution >= 0.6 is 11.8 Å². The lowest BCUT2D eigenvalue weighted by Crippen LogP contribution is -2.03. The molecule has 0 radical (unpaired) electrons. The van der Waals surface area contributed by atoms with Crippen molar-refractivity contribution < 1.29 is 19.4 Å². The van der Waals surface area contributed by atoms with Gasteiger partial charge in [0, 0.05) is 4.90 Å². The van der Waals surface area contributed by atoms with Crippen LogP contribution in [0, 0.1) is 0 Å². The van der Waals surface area contributed by atoms with Crippen molar-refractivity contribution in [2.45, 2.75) is 17.7 Å². The van der Waals surface area contributed by atoms with Gasteiger partial charge in [0.15, 0.2) is 0 Å². The average molecular weight is 332 g/mol. The summed E-state index contributed by atoms with van der Waals surface area (Å²) < 4.78 is 10.1. The molecule has 0 amide bonds. The van der Waals surface area contributed by atoms with E-state index in [0.717, 1.165) is 29.7 Å². The fourth-order valence-corrected chi connectivity index (χ4v) is 2.83. The molecule has 2 aromatic rings. The van der Waals surface area contributed by atoms with E-state index < -0.39 is 5.97 Å². The van der Waals surface area contributed by atoms with Crippen LogP contribution in [-0.2, 0) is 17.6 Å². The van der Waals surface area contributed by atoms with Gasteiger partial charge in [0.25, 0.3) is 0 Å². The highest BCUT2D eigenvalue weighted by Gasteiger charge is 2.12. The Labute approximate surface area is 140 Å². The van der Waals surface area contributed by atoms with E-state index in [1.54, 1.807) is 24.9 Å². The second kappa shape index (κ2) is 7.92. The minimum Gasteiger partial charge on any atom is -0.507 e. The molecule has 5 heteroatoms. The number of rotatable bonds is 6. The van der Waals surface area contributed by atoms with Gasteiger partial charge in [0.1, 0.15) is 17.1 Å². The Balaban J connectivity index is 2.19. The number of thioether (sulfide) groups is 1. The second-order valence-electron chi connectivity index (χ2n) is 5.02. The summed E-state index contributed by atoms with van der Waals surface area (Å²) in [5.74, 6) is 0.253. The number of carbonyl (C=O) groups excluding carboxylic acids is 1. The van der Waals surface area contributed by atoms with Crippen molar-refractivity contribution in [2.24, 2.45) is 0 Å². The molecule has 0 fully saturated rings. The minimum atomic E-state index is -0.536. The molecule has 0 bridgehead atoms. The number of hydrogen-bond donors (Lipinski definition) is 1. The van der Waals surface area contributed by atoms with Gasteiger partial charge in [-0.05, 0) is 60.6 Å². The molecule has 122 valence electrons. The first kappa shape index (κ1) is 17.2. The van der Waals surface area contributed by atoms with Crippen molar-refractivity contribution in [3.63, 3.8) is 0 Å². The van der Waals surface area contributed by atoms with Gasteiger partial charge in [-0.1, -0.05) is 6.07 Å². The maximum Gasteiger partial charge on any atom is 0.341 e. The third-order valence-electron chi connectivity index (χ3n) is 3.64.